The molecule has 0 spiro atoms. The first-order chi connectivity index (χ1) is 17.1. The van der Waals surface area contributed by atoms with E-state index in [0.717, 1.165) is 5.56 Å². The molecule has 186 valence electrons. The SMILES string of the molecule is COc1ccc(C#N)c(-c2c(Cl)ccc3c2C[C@@](CNC(=O)OC(C)(C)C)(c2ccccc2)O3)c1F. The van der Waals surface area contributed by atoms with Gasteiger partial charge in [-0.25, -0.2) is 9.18 Å². The van der Waals surface area contributed by atoms with E-state index in [0.29, 0.717) is 16.9 Å². The molecule has 1 heterocycles. The van der Waals surface area contributed by atoms with Crippen molar-refractivity contribution in [1.82, 2.24) is 5.32 Å². The number of amides is 1. The van der Waals surface area contributed by atoms with Crippen molar-refractivity contribution in [2.45, 2.75) is 38.4 Å². The molecule has 0 radical (unpaired) electrons. The van der Waals surface area contributed by atoms with Crippen LogP contribution in [0.3, 0.4) is 0 Å². The number of hydrogen-bond donors (Lipinski definition) is 1. The molecule has 4 rings (SSSR count). The van der Waals surface area contributed by atoms with E-state index in [1.54, 1.807) is 32.9 Å². The van der Waals surface area contributed by atoms with Gasteiger partial charge in [0.05, 0.1) is 25.3 Å². The van der Waals surface area contributed by atoms with Crippen molar-refractivity contribution in [1.29, 1.82) is 5.26 Å². The number of carbonyl (C=O) groups excluding carboxylic acids is 1. The van der Waals surface area contributed by atoms with Gasteiger partial charge in [0.2, 0.25) is 0 Å². The lowest BCUT2D eigenvalue weighted by molar-refractivity contribution is 0.0415. The Morgan fingerprint density at radius 3 is 2.53 bits per heavy atom. The molecule has 0 unspecified atom stereocenters. The Morgan fingerprint density at radius 2 is 1.89 bits per heavy atom. The molecule has 1 aliphatic rings. The van der Waals surface area contributed by atoms with Gasteiger partial charge in [-0.05, 0) is 50.6 Å². The van der Waals surface area contributed by atoms with Crippen LogP contribution in [0, 0.1) is 17.1 Å². The molecular weight excluding hydrogens is 483 g/mol. The quantitative estimate of drug-likeness (QED) is 0.432. The van der Waals surface area contributed by atoms with Crippen LogP contribution in [0.4, 0.5) is 9.18 Å². The molecular formula is C28H26ClFN2O4. The zero-order valence-electron chi connectivity index (χ0n) is 20.4. The first-order valence-electron chi connectivity index (χ1n) is 11.4. The molecule has 0 aliphatic carbocycles. The maximum absolute atomic E-state index is 15.5. The van der Waals surface area contributed by atoms with E-state index < -0.39 is 23.1 Å². The fourth-order valence-electron chi connectivity index (χ4n) is 4.36. The van der Waals surface area contributed by atoms with E-state index >= 15 is 4.39 Å². The zero-order valence-corrected chi connectivity index (χ0v) is 21.2. The van der Waals surface area contributed by atoms with E-state index in [9.17, 15) is 10.1 Å². The van der Waals surface area contributed by atoms with Gasteiger partial charge in [-0.3, -0.25) is 0 Å². The number of carbonyl (C=O) groups is 1. The fourth-order valence-corrected chi connectivity index (χ4v) is 4.63. The Balaban J connectivity index is 1.82. The molecule has 1 N–H and O–H groups in total. The van der Waals surface area contributed by atoms with E-state index in [2.05, 4.69) is 11.4 Å². The van der Waals surface area contributed by atoms with Crippen LogP contribution in [0.1, 0.15) is 37.5 Å². The number of rotatable bonds is 5. The van der Waals surface area contributed by atoms with Crippen LogP contribution in [0.25, 0.3) is 11.1 Å². The zero-order chi connectivity index (χ0) is 26.1. The smallest absolute Gasteiger partial charge is 0.407 e. The van der Waals surface area contributed by atoms with Crippen LogP contribution in [-0.2, 0) is 16.8 Å². The van der Waals surface area contributed by atoms with Crippen LogP contribution < -0.4 is 14.8 Å². The molecule has 0 fully saturated rings. The lowest BCUT2D eigenvalue weighted by Crippen LogP contribution is -2.45. The summed E-state index contributed by atoms with van der Waals surface area (Å²) in [6.45, 7) is 5.44. The molecule has 0 aromatic heterocycles. The van der Waals surface area contributed by atoms with E-state index in [4.69, 9.17) is 25.8 Å². The molecule has 3 aromatic rings. The summed E-state index contributed by atoms with van der Waals surface area (Å²) in [5.41, 5.74) is 0.284. The van der Waals surface area contributed by atoms with Gasteiger partial charge < -0.3 is 19.5 Å². The second-order valence-electron chi connectivity index (χ2n) is 9.51. The second-order valence-corrected chi connectivity index (χ2v) is 9.92. The number of nitrogens with zero attached hydrogens (tertiary/aromatic N) is 1. The average molecular weight is 509 g/mol. The number of nitriles is 1. The molecule has 3 aromatic carbocycles. The fraction of sp³-hybridized carbons (Fsp3) is 0.286. The van der Waals surface area contributed by atoms with Gasteiger partial charge in [0.25, 0.3) is 0 Å². The monoisotopic (exact) mass is 508 g/mol. The minimum atomic E-state index is -1.01. The molecule has 36 heavy (non-hydrogen) atoms. The van der Waals surface area contributed by atoms with Crippen molar-refractivity contribution >= 4 is 17.7 Å². The summed E-state index contributed by atoms with van der Waals surface area (Å²) in [5.74, 6) is -0.205. The second kappa shape index (κ2) is 9.71. The predicted molar refractivity (Wildman–Crippen MR) is 135 cm³/mol. The van der Waals surface area contributed by atoms with Crippen LogP contribution >= 0.6 is 11.6 Å². The molecule has 0 bridgehead atoms. The molecule has 8 heteroatoms. The Bertz CT molecular complexity index is 1350. The standard InChI is InChI=1S/C28H26ClFN2O4/c1-27(2,3)36-26(33)32-16-28(18-8-6-5-7-9-18)14-19-21(35-28)13-11-20(29)24(19)23-17(15-31)10-12-22(34-4)25(23)30/h5-13H,14,16H2,1-4H3,(H,32,33)/t28-/m1/s1. The highest BCUT2D eigenvalue weighted by atomic mass is 35.5. The molecule has 1 atom stereocenters. The van der Waals surface area contributed by atoms with Crippen molar-refractivity contribution in [3.8, 4) is 28.7 Å². The minimum Gasteiger partial charge on any atom is -0.494 e. The van der Waals surface area contributed by atoms with Crippen LogP contribution in [0.2, 0.25) is 5.02 Å². The van der Waals surface area contributed by atoms with Crippen molar-refractivity contribution in [2.75, 3.05) is 13.7 Å². The van der Waals surface area contributed by atoms with E-state index in [1.165, 1.54) is 19.2 Å². The number of methoxy groups -OCH3 is 1. The van der Waals surface area contributed by atoms with Gasteiger partial charge in [0, 0.05) is 28.1 Å². The Morgan fingerprint density at radius 1 is 1.17 bits per heavy atom. The van der Waals surface area contributed by atoms with Crippen molar-refractivity contribution in [3.05, 3.63) is 82.1 Å². The van der Waals surface area contributed by atoms with Gasteiger partial charge in [0.1, 0.15) is 11.4 Å². The molecule has 0 saturated carbocycles. The van der Waals surface area contributed by atoms with Crippen molar-refractivity contribution in [3.63, 3.8) is 0 Å². The van der Waals surface area contributed by atoms with Crippen molar-refractivity contribution < 1.29 is 23.4 Å². The van der Waals surface area contributed by atoms with E-state index in [1.807, 2.05) is 30.3 Å². The highest BCUT2D eigenvalue weighted by molar-refractivity contribution is 6.33. The average Bonchev–Trinajstić information content (AvgIpc) is 3.23. The molecule has 1 aliphatic heterocycles. The Kier molecular flexibility index (Phi) is 6.83. The van der Waals surface area contributed by atoms with Gasteiger partial charge in [0.15, 0.2) is 17.2 Å². The first-order valence-corrected chi connectivity index (χ1v) is 11.8. The topological polar surface area (TPSA) is 80.6 Å². The van der Waals surface area contributed by atoms with Crippen LogP contribution in [-0.4, -0.2) is 25.3 Å². The lowest BCUT2D eigenvalue weighted by atomic mass is 9.85. The number of alkyl carbamates (subject to hydrolysis) is 1. The maximum atomic E-state index is 15.5. The molecule has 1 amide bonds. The molecule has 0 saturated heterocycles. The number of fused-ring (bicyclic) bond motifs is 1. The highest BCUT2D eigenvalue weighted by Gasteiger charge is 2.44. The number of nitrogens with one attached hydrogen (secondary N) is 1. The molecule has 6 nitrogen and oxygen atoms in total. The highest BCUT2D eigenvalue weighted by Crippen LogP contribution is 2.49. The minimum absolute atomic E-state index is 0.00231. The van der Waals surface area contributed by atoms with Gasteiger partial charge >= 0.3 is 6.09 Å². The normalized spacial score (nSPS) is 16.5. The third kappa shape index (κ3) is 4.82. The Labute approximate surface area is 214 Å². The van der Waals surface area contributed by atoms with Crippen molar-refractivity contribution in [2.24, 2.45) is 0 Å². The largest absolute Gasteiger partial charge is 0.494 e. The maximum Gasteiger partial charge on any atom is 0.407 e. The van der Waals surface area contributed by atoms with Crippen LogP contribution in [0.15, 0.2) is 54.6 Å². The summed E-state index contributed by atoms with van der Waals surface area (Å²) >= 11 is 6.62. The van der Waals surface area contributed by atoms with Gasteiger partial charge in [-0.2, -0.15) is 5.26 Å². The first kappa shape index (κ1) is 25.3. The summed E-state index contributed by atoms with van der Waals surface area (Å²) < 4.78 is 32.6. The van der Waals surface area contributed by atoms with E-state index in [-0.39, 0.29) is 34.9 Å². The summed E-state index contributed by atoms with van der Waals surface area (Å²) in [6.07, 6.45) is -0.319. The predicted octanol–water partition coefficient (Wildman–Crippen LogP) is 6.38. The Hall–Kier alpha value is -3.76. The summed E-state index contributed by atoms with van der Waals surface area (Å²) in [7, 11) is 1.36. The summed E-state index contributed by atoms with van der Waals surface area (Å²) in [6, 6.07) is 17.7. The van der Waals surface area contributed by atoms with Gasteiger partial charge in [-0.1, -0.05) is 41.9 Å². The number of ether oxygens (including phenoxy) is 3. The summed E-state index contributed by atoms with van der Waals surface area (Å²) in [5, 5.41) is 12.8. The van der Waals surface area contributed by atoms with Crippen LogP contribution in [0.5, 0.6) is 11.5 Å². The number of hydrogen-bond acceptors (Lipinski definition) is 5. The lowest BCUT2D eigenvalue weighted by Gasteiger charge is -2.30. The third-order valence-electron chi connectivity index (χ3n) is 5.90. The summed E-state index contributed by atoms with van der Waals surface area (Å²) in [4.78, 5) is 12.5. The van der Waals surface area contributed by atoms with Gasteiger partial charge in [-0.15, -0.1) is 0 Å². The number of benzene rings is 3. The number of halogens is 2. The third-order valence-corrected chi connectivity index (χ3v) is 6.22.